The summed E-state index contributed by atoms with van der Waals surface area (Å²) < 4.78 is 25.1. The Morgan fingerprint density at radius 2 is 2.09 bits per heavy atom. The summed E-state index contributed by atoms with van der Waals surface area (Å²) in [5.41, 5.74) is 1.35. The third kappa shape index (κ3) is 7.94. The Morgan fingerprint density at radius 1 is 1.32 bits per heavy atom. The van der Waals surface area contributed by atoms with Gasteiger partial charge in [-0.2, -0.15) is 0 Å². The van der Waals surface area contributed by atoms with E-state index in [2.05, 4.69) is 18.3 Å². The van der Waals surface area contributed by atoms with E-state index in [1.54, 1.807) is 0 Å². The predicted octanol–water partition coefficient (Wildman–Crippen LogP) is 2.44. The number of hydrogen-bond donors (Lipinski definition) is 1. The zero-order chi connectivity index (χ0) is 16.4. The van der Waals surface area contributed by atoms with E-state index in [1.165, 1.54) is 29.0 Å². The first-order valence-corrected chi connectivity index (χ1v) is 10.2. The normalized spacial score (nSPS) is 15.7. The van der Waals surface area contributed by atoms with Crippen molar-refractivity contribution in [2.75, 3.05) is 25.9 Å². The van der Waals surface area contributed by atoms with E-state index < -0.39 is 10.0 Å². The molecule has 0 spiro atoms. The lowest BCUT2D eigenvalue weighted by Gasteiger charge is -2.21. The van der Waals surface area contributed by atoms with E-state index in [0.717, 1.165) is 32.1 Å². The number of nitrogens with one attached hydrogen (secondary N) is 1. The van der Waals surface area contributed by atoms with Crippen molar-refractivity contribution in [3.8, 4) is 0 Å². The second-order valence-corrected chi connectivity index (χ2v) is 7.96. The molecule has 5 nitrogen and oxygen atoms in total. The fraction of sp³-hybridized carbons (Fsp3) is 0.812. The quantitative estimate of drug-likeness (QED) is 0.494. The molecule has 0 aromatic rings. The van der Waals surface area contributed by atoms with Crippen LogP contribution in [0.4, 0.5) is 0 Å². The molecule has 0 aromatic carbocycles. The lowest BCUT2D eigenvalue weighted by Crippen LogP contribution is -2.35. The molecule has 0 aromatic heterocycles. The van der Waals surface area contributed by atoms with E-state index in [-0.39, 0.29) is 18.9 Å². The number of sulfonamides is 1. The van der Waals surface area contributed by atoms with Gasteiger partial charge >= 0.3 is 0 Å². The Labute approximate surface area is 135 Å². The van der Waals surface area contributed by atoms with Crippen molar-refractivity contribution in [3.63, 3.8) is 0 Å². The largest absolute Gasteiger partial charge is 0.356 e. The average molecular weight is 330 g/mol. The van der Waals surface area contributed by atoms with Gasteiger partial charge in [0.05, 0.1) is 6.26 Å². The van der Waals surface area contributed by atoms with Crippen LogP contribution >= 0.6 is 0 Å². The SMILES string of the molecule is CCCCNC(=O)CCN(CCC1=CCCCC1)S(C)(=O)=O. The molecule has 1 aliphatic carbocycles. The second-order valence-electron chi connectivity index (χ2n) is 5.97. The minimum atomic E-state index is -3.26. The fourth-order valence-electron chi connectivity index (χ4n) is 2.56. The molecule has 0 unspecified atom stereocenters. The van der Waals surface area contributed by atoms with E-state index in [4.69, 9.17) is 0 Å². The maximum atomic E-state index is 11.9. The molecule has 0 bridgehead atoms. The number of carbonyl (C=O) groups excluding carboxylic acids is 1. The van der Waals surface area contributed by atoms with Crippen molar-refractivity contribution < 1.29 is 13.2 Å². The molecule has 0 aliphatic heterocycles. The van der Waals surface area contributed by atoms with Gasteiger partial charge in [0, 0.05) is 26.1 Å². The molecule has 6 heteroatoms. The Morgan fingerprint density at radius 3 is 2.68 bits per heavy atom. The van der Waals surface area contributed by atoms with Crippen LogP contribution in [0.5, 0.6) is 0 Å². The van der Waals surface area contributed by atoms with Crippen LogP contribution in [0.1, 0.15) is 58.3 Å². The number of allylic oxidation sites excluding steroid dienone is 1. The number of carbonyl (C=O) groups is 1. The number of nitrogens with zero attached hydrogens (tertiary/aromatic N) is 1. The zero-order valence-electron chi connectivity index (χ0n) is 13.9. The van der Waals surface area contributed by atoms with Crippen LogP contribution in [0.15, 0.2) is 11.6 Å². The predicted molar refractivity (Wildman–Crippen MR) is 90.1 cm³/mol. The summed E-state index contributed by atoms with van der Waals surface area (Å²) in [5, 5.41) is 2.82. The van der Waals surface area contributed by atoms with Crippen molar-refractivity contribution in [2.24, 2.45) is 0 Å². The van der Waals surface area contributed by atoms with Gasteiger partial charge in [0.15, 0.2) is 0 Å². The van der Waals surface area contributed by atoms with Gasteiger partial charge in [0.25, 0.3) is 0 Å². The first-order chi connectivity index (χ1) is 10.4. The van der Waals surface area contributed by atoms with Crippen LogP contribution in [0, 0.1) is 0 Å². The van der Waals surface area contributed by atoms with E-state index in [9.17, 15) is 13.2 Å². The zero-order valence-corrected chi connectivity index (χ0v) is 14.8. The molecule has 0 atom stereocenters. The number of hydrogen-bond acceptors (Lipinski definition) is 3. The summed E-state index contributed by atoms with van der Waals surface area (Å²) in [6, 6.07) is 0. The molecular weight excluding hydrogens is 300 g/mol. The molecule has 0 fully saturated rings. The van der Waals surface area contributed by atoms with Crippen LogP contribution in [0.3, 0.4) is 0 Å². The van der Waals surface area contributed by atoms with Crippen molar-refractivity contribution in [1.29, 1.82) is 0 Å². The molecule has 0 saturated heterocycles. The Kier molecular flexibility index (Phi) is 8.71. The lowest BCUT2D eigenvalue weighted by molar-refractivity contribution is -0.121. The smallest absolute Gasteiger partial charge is 0.221 e. The molecule has 1 amide bonds. The van der Waals surface area contributed by atoms with Crippen molar-refractivity contribution in [3.05, 3.63) is 11.6 Å². The fourth-order valence-corrected chi connectivity index (χ4v) is 3.41. The monoisotopic (exact) mass is 330 g/mol. The average Bonchev–Trinajstić information content (AvgIpc) is 2.47. The van der Waals surface area contributed by atoms with Gasteiger partial charge in [-0.05, 0) is 38.5 Å². The van der Waals surface area contributed by atoms with Gasteiger partial charge in [-0.15, -0.1) is 0 Å². The van der Waals surface area contributed by atoms with Crippen molar-refractivity contribution in [2.45, 2.75) is 58.3 Å². The molecule has 22 heavy (non-hydrogen) atoms. The summed E-state index contributed by atoms with van der Waals surface area (Å²) in [4.78, 5) is 11.7. The molecule has 1 N–H and O–H groups in total. The summed E-state index contributed by atoms with van der Waals surface area (Å²) in [6.45, 7) is 3.48. The van der Waals surface area contributed by atoms with Crippen LogP contribution in [-0.2, 0) is 14.8 Å². The lowest BCUT2D eigenvalue weighted by atomic mass is 9.97. The Balaban J connectivity index is 2.41. The number of unbranched alkanes of at least 4 members (excludes halogenated alkanes) is 1. The third-order valence-corrected chi connectivity index (χ3v) is 5.28. The van der Waals surface area contributed by atoms with Gasteiger partial charge in [-0.1, -0.05) is 25.0 Å². The van der Waals surface area contributed by atoms with E-state index in [0.29, 0.717) is 13.1 Å². The highest BCUT2D eigenvalue weighted by atomic mass is 32.2. The van der Waals surface area contributed by atoms with Crippen molar-refractivity contribution >= 4 is 15.9 Å². The molecule has 1 aliphatic rings. The number of amides is 1. The molecule has 0 radical (unpaired) electrons. The minimum absolute atomic E-state index is 0.0704. The first kappa shape index (κ1) is 19.2. The topological polar surface area (TPSA) is 66.5 Å². The molecule has 128 valence electrons. The van der Waals surface area contributed by atoms with Crippen LogP contribution < -0.4 is 5.32 Å². The Bertz CT molecular complexity index is 472. The van der Waals surface area contributed by atoms with Gasteiger partial charge < -0.3 is 5.32 Å². The van der Waals surface area contributed by atoms with E-state index >= 15 is 0 Å². The summed E-state index contributed by atoms with van der Waals surface area (Å²) in [5.74, 6) is -0.0704. The molecule has 0 saturated carbocycles. The maximum Gasteiger partial charge on any atom is 0.221 e. The highest BCUT2D eigenvalue weighted by Crippen LogP contribution is 2.20. The summed E-state index contributed by atoms with van der Waals surface area (Å²) >= 11 is 0. The number of rotatable bonds is 10. The maximum absolute atomic E-state index is 11.9. The molecule has 0 heterocycles. The van der Waals surface area contributed by atoms with Gasteiger partial charge in [-0.25, -0.2) is 12.7 Å². The van der Waals surface area contributed by atoms with Crippen LogP contribution in [-0.4, -0.2) is 44.5 Å². The van der Waals surface area contributed by atoms with Gasteiger partial charge in [0.2, 0.25) is 15.9 Å². The molecule has 1 rings (SSSR count). The highest BCUT2D eigenvalue weighted by molar-refractivity contribution is 7.88. The van der Waals surface area contributed by atoms with Crippen molar-refractivity contribution in [1.82, 2.24) is 9.62 Å². The van der Waals surface area contributed by atoms with Crippen LogP contribution in [0.25, 0.3) is 0 Å². The van der Waals surface area contributed by atoms with Crippen LogP contribution in [0.2, 0.25) is 0 Å². The van der Waals surface area contributed by atoms with E-state index in [1.807, 2.05) is 0 Å². The minimum Gasteiger partial charge on any atom is -0.356 e. The second kappa shape index (κ2) is 10.0. The Hall–Kier alpha value is -0.880. The van der Waals surface area contributed by atoms with Gasteiger partial charge in [0.1, 0.15) is 0 Å². The summed E-state index contributed by atoms with van der Waals surface area (Å²) in [6.07, 6.45) is 11.1. The van der Waals surface area contributed by atoms with Gasteiger partial charge in [-0.3, -0.25) is 4.79 Å². The first-order valence-electron chi connectivity index (χ1n) is 8.33. The molecular formula is C16H30N2O3S. The standard InChI is InChI=1S/C16H30N2O3S/c1-3-4-12-17-16(19)11-14-18(22(2,20)21)13-10-15-8-6-5-7-9-15/h8H,3-7,9-14H2,1-2H3,(H,17,19). The third-order valence-electron chi connectivity index (χ3n) is 3.98. The summed E-state index contributed by atoms with van der Waals surface area (Å²) in [7, 11) is -3.26. The highest BCUT2D eigenvalue weighted by Gasteiger charge is 2.18.